The Kier molecular flexibility index (Phi) is 10.6. The molecule has 0 aliphatic carbocycles. The molecule has 0 aliphatic rings. The molecule has 112 valence electrons. The number of ether oxygens (including phenoxy) is 1. The van der Waals surface area contributed by atoms with Gasteiger partial charge in [-0.1, -0.05) is 0 Å². The highest BCUT2D eigenvalue weighted by Crippen LogP contribution is 1.92. The molecule has 0 saturated heterocycles. The van der Waals surface area contributed by atoms with Crippen LogP contribution in [0.4, 0.5) is 0 Å². The lowest BCUT2D eigenvalue weighted by atomic mass is 10.2. The average molecular weight is 282 g/mol. The predicted molar refractivity (Wildman–Crippen MR) is 60.2 cm³/mol. The van der Waals surface area contributed by atoms with E-state index in [0.29, 0.717) is 6.61 Å². The minimum atomic E-state index is -2.27. The Morgan fingerprint density at radius 2 is 1.37 bits per heavy atom. The number of aliphatic hydroxyl groups excluding tert-OH is 3. The van der Waals surface area contributed by atoms with Crippen LogP contribution in [0.2, 0.25) is 0 Å². The maximum atomic E-state index is 10.5. The largest absolute Gasteiger partial charge is 0.479 e. The second-order valence-corrected chi connectivity index (χ2v) is 3.42. The molecule has 0 aliphatic heterocycles. The van der Waals surface area contributed by atoms with Gasteiger partial charge in [0.2, 0.25) is 0 Å². The van der Waals surface area contributed by atoms with Crippen LogP contribution in [-0.4, -0.2) is 68.4 Å². The quantitative estimate of drug-likeness (QED) is 0.354. The van der Waals surface area contributed by atoms with Crippen molar-refractivity contribution >= 4 is 17.9 Å². The zero-order chi connectivity index (χ0) is 15.6. The first-order valence-electron chi connectivity index (χ1n) is 5.28. The molecule has 0 fully saturated rings. The third-order valence-corrected chi connectivity index (χ3v) is 1.57. The van der Waals surface area contributed by atoms with Crippen LogP contribution in [0.25, 0.3) is 0 Å². The molecule has 0 aromatic rings. The number of carboxylic acids is 2. The Balaban J connectivity index is 0. The SMILES string of the molecule is CCOC(=O)CC(C)O.O=C(O)C(O)C(O)C(=O)O. The van der Waals surface area contributed by atoms with E-state index >= 15 is 0 Å². The minimum Gasteiger partial charge on any atom is -0.479 e. The van der Waals surface area contributed by atoms with E-state index in [2.05, 4.69) is 4.74 Å². The highest BCUT2D eigenvalue weighted by molar-refractivity contribution is 5.83. The molecule has 0 amide bonds. The molecule has 5 N–H and O–H groups in total. The number of rotatable bonds is 6. The lowest BCUT2D eigenvalue weighted by molar-refractivity contribution is -0.165. The molecule has 3 unspecified atom stereocenters. The summed E-state index contributed by atoms with van der Waals surface area (Å²) < 4.78 is 4.55. The van der Waals surface area contributed by atoms with Crippen molar-refractivity contribution in [3.05, 3.63) is 0 Å². The van der Waals surface area contributed by atoms with E-state index < -0.39 is 30.3 Å². The lowest BCUT2D eigenvalue weighted by Gasteiger charge is -2.07. The number of esters is 1. The van der Waals surface area contributed by atoms with Gasteiger partial charge in [0.15, 0.2) is 12.2 Å². The maximum Gasteiger partial charge on any atom is 0.335 e. The van der Waals surface area contributed by atoms with E-state index in [-0.39, 0.29) is 12.4 Å². The standard InChI is InChI=1S/C6H12O3.C4H6O6/c1-3-9-6(8)4-5(2)7;5-1(3(7)8)2(6)4(9)10/h5,7H,3-4H2,1-2H3;1-2,5-6H,(H,7,8)(H,9,10). The Morgan fingerprint density at radius 1 is 1.00 bits per heavy atom. The van der Waals surface area contributed by atoms with Crippen LogP contribution in [0.3, 0.4) is 0 Å². The molecule has 0 rings (SSSR count). The van der Waals surface area contributed by atoms with E-state index in [0.717, 1.165) is 0 Å². The highest BCUT2D eigenvalue weighted by atomic mass is 16.5. The Morgan fingerprint density at radius 3 is 1.58 bits per heavy atom. The van der Waals surface area contributed by atoms with Crippen molar-refractivity contribution in [2.45, 2.75) is 38.6 Å². The van der Waals surface area contributed by atoms with Crippen molar-refractivity contribution < 1.29 is 44.7 Å². The minimum absolute atomic E-state index is 0.0911. The summed E-state index contributed by atoms with van der Waals surface area (Å²) in [6, 6.07) is 0. The van der Waals surface area contributed by atoms with Gasteiger partial charge in [0.05, 0.1) is 19.1 Å². The van der Waals surface area contributed by atoms with Gasteiger partial charge >= 0.3 is 17.9 Å². The van der Waals surface area contributed by atoms with Crippen molar-refractivity contribution in [2.24, 2.45) is 0 Å². The van der Waals surface area contributed by atoms with Gasteiger partial charge in [-0.25, -0.2) is 9.59 Å². The summed E-state index contributed by atoms with van der Waals surface area (Å²) in [4.78, 5) is 30.0. The van der Waals surface area contributed by atoms with Gasteiger partial charge in [-0.2, -0.15) is 0 Å². The average Bonchev–Trinajstić information content (AvgIpc) is 2.26. The third kappa shape index (κ3) is 11.1. The zero-order valence-corrected chi connectivity index (χ0v) is 10.5. The number of aliphatic carboxylic acids is 2. The van der Waals surface area contributed by atoms with Gasteiger partial charge in [-0.3, -0.25) is 4.79 Å². The summed E-state index contributed by atoms with van der Waals surface area (Å²) >= 11 is 0. The van der Waals surface area contributed by atoms with Crippen LogP contribution in [0.5, 0.6) is 0 Å². The molecule has 0 heterocycles. The van der Waals surface area contributed by atoms with Gasteiger partial charge in [-0.15, -0.1) is 0 Å². The van der Waals surface area contributed by atoms with E-state index in [1.54, 1.807) is 13.8 Å². The summed E-state index contributed by atoms with van der Waals surface area (Å²) in [7, 11) is 0. The van der Waals surface area contributed by atoms with Gasteiger partial charge in [0.1, 0.15) is 0 Å². The fraction of sp³-hybridized carbons (Fsp3) is 0.700. The number of carboxylic acid groups (broad SMARTS) is 2. The third-order valence-electron chi connectivity index (χ3n) is 1.57. The number of carbonyl (C=O) groups is 3. The summed E-state index contributed by atoms with van der Waals surface area (Å²) in [5.74, 6) is -3.88. The zero-order valence-electron chi connectivity index (χ0n) is 10.5. The molecule has 19 heavy (non-hydrogen) atoms. The summed E-state index contributed by atoms with van der Waals surface area (Å²) in [6.45, 7) is 3.67. The summed E-state index contributed by atoms with van der Waals surface area (Å²) in [5.41, 5.74) is 0. The van der Waals surface area contributed by atoms with Crippen LogP contribution in [0, 0.1) is 0 Å². The molecule has 0 radical (unpaired) electrons. The first-order valence-corrected chi connectivity index (χ1v) is 5.28. The van der Waals surface area contributed by atoms with Gasteiger partial charge in [0, 0.05) is 0 Å². The van der Waals surface area contributed by atoms with Crippen molar-refractivity contribution in [2.75, 3.05) is 6.61 Å². The first kappa shape index (κ1) is 19.6. The van der Waals surface area contributed by atoms with E-state index in [1.165, 1.54) is 0 Å². The van der Waals surface area contributed by atoms with E-state index in [9.17, 15) is 14.4 Å². The van der Waals surface area contributed by atoms with Gasteiger partial charge < -0.3 is 30.3 Å². The second kappa shape index (κ2) is 10.2. The van der Waals surface area contributed by atoms with Crippen molar-refractivity contribution in [1.29, 1.82) is 0 Å². The fourth-order valence-corrected chi connectivity index (χ4v) is 0.731. The molecule has 0 aromatic carbocycles. The van der Waals surface area contributed by atoms with Crippen LogP contribution < -0.4 is 0 Å². The fourth-order valence-electron chi connectivity index (χ4n) is 0.731. The Labute approximate surface area is 109 Å². The molecule has 0 bridgehead atoms. The van der Waals surface area contributed by atoms with Crippen LogP contribution in [-0.2, 0) is 19.1 Å². The molecular formula is C10H18O9. The van der Waals surface area contributed by atoms with Crippen LogP contribution in [0.1, 0.15) is 20.3 Å². The lowest BCUT2D eigenvalue weighted by Crippen LogP contribution is -2.39. The van der Waals surface area contributed by atoms with E-state index in [1.807, 2.05) is 0 Å². The molecule has 0 spiro atoms. The van der Waals surface area contributed by atoms with Crippen molar-refractivity contribution in [1.82, 2.24) is 0 Å². The number of hydrogen-bond acceptors (Lipinski definition) is 7. The molecule has 0 saturated carbocycles. The van der Waals surface area contributed by atoms with Crippen LogP contribution in [0.15, 0.2) is 0 Å². The molecule has 9 heteroatoms. The first-order chi connectivity index (χ1) is 8.63. The van der Waals surface area contributed by atoms with Crippen molar-refractivity contribution in [3.8, 4) is 0 Å². The van der Waals surface area contributed by atoms with Gasteiger partial charge in [-0.05, 0) is 13.8 Å². The number of carbonyl (C=O) groups excluding carboxylic acids is 1. The molecule has 3 atom stereocenters. The molecular weight excluding hydrogens is 264 g/mol. The Hall–Kier alpha value is -1.71. The highest BCUT2D eigenvalue weighted by Gasteiger charge is 2.29. The summed E-state index contributed by atoms with van der Waals surface area (Å²) in [5, 5.41) is 41.2. The number of hydrogen-bond donors (Lipinski definition) is 5. The smallest absolute Gasteiger partial charge is 0.335 e. The molecule has 9 nitrogen and oxygen atoms in total. The topological polar surface area (TPSA) is 162 Å². The van der Waals surface area contributed by atoms with Crippen LogP contribution >= 0.6 is 0 Å². The molecule has 0 aromatic heterocycles. The predicted octanol–water partition coefficient (Wildman–Crippen LogP) is -1.80. The normalized spacial score (nSPS) is 14.4. The summed E-state index contributed by atoms with van der Waals surface area (Å²) in [6.07, 6.45) is -5.03. The monoisotopic (exact) mass is 282 g/mol. The number of aliphatic hydroxyl groups is 3. The maximum absolute atomic E-state index is 10.5. The van der Waals surface area contributed by atoms with E-state index in [4.69, 9.17) is 25.5 Å². The van der Waals surface area contributed by atoms with Crippen molar-refractivity contribution in [3.63, 3.8) is 0 Å². The Bertz CT molecular complexity index is 281. The second-order valence-electron chi connectivity index (χ2n) is 3.42. The van der Waals surface area contributed by atoms with Gasteiger partial charge in [0.25, 0.3) is 0 Å².